The number of alkyl halides is 6. The number of halogens is 6. The van der Waals surface area contributed by atoms with Gasteiger partial charge in [-0.25, -0.2) is 4.99 Å². The molecule has 0 saturated carbocycles. The predicted molar refractivity (Wildman–Crippen MR) is 57.3 cm³/mol. The Morgan fingerprint density at radius 3 is 2.00 bits per heavy atom. The summed E-state index contributed by atoms with van der Waals surface area (Å²) in [7, 11) is 0. The first kappa shape index (κ1) is 17.2. The van der Waals surface area contributed by atoms with Crippen molar-refractivity contribution in [3.05, 3.63) is 23.4 Å². The largest absolute Gasteiger partial charge is 0.433 e. The van der Waals surface area contributed by atoms with Gasteiger partial charge in [0.1, 0.15) is 17.5 Å². The van der Waals surface area contributed by atoms with E-state index in [-0.39, 0.29) is 12.5 Å². The lowest BCUT2D eigenvalue weighted by atomic mass is 10.2. The van der Waals surface area contributed by atoms with Crippen LogP contribution in [0.25, 0.3) is 0 Å². The molecule has 0 unspecified atom stereocenters. The molecular weight excluding hydrogens is 274 g/mol. The summed E-state index contributed by atoms with van der Waals surface area (Å²) in [5.41, 5.74) is -3.55. The molecule has 0 aliphatic carbocycles. The molecular formula is C11H10F6N2. The van der Waals surface area contributed by atoms with E-state index in [0.29, 0.717) is 13.0 Å². The maximum atomic E-state index is 12.4. The molecule has 106 valence electrons. The van der Waals surface area contributed by atoms with E-state index in [9.17, 15) is 26.3 Å². The van der Waals surface area contributed by atoms with Gasteiger partial charge in [0.25, 0.3) is 0 Å². The average molecular weight is 284 g/mol. The van der Waals surface area contributed by atoms with Crippen LogP contribution >= 0.6 is 0 Å². The van der Waals surface area contributed by atoms with Gasteiger partial charge in [-0.1, -0.05) is 13.0 Å². The van der Waals surface area contributed by atoms with E-state index in [1.807, 2.05) is 0 Å². The van der Waals surface area contributed by atoms with Crippen molar-refractivity contribution in [3.8, 4) is 6.07 Å². The second-order valence-corrected chi connectivity index (χ2v) is 3.43. The van der Waals surface area contributed by atoms with Gasteiger partial charge in [0, 0.05) is 5.57 Å². The monoisotopic (exact) mass is 284 g/mol. The third kappa shape index (κ3) is 6.08. The highest BCUT2D eigenvalue weighted by atomic mass is 19.4. The van der Waals surface area contributed by atoms with Crippen LogP contribution < -0.4 is 0 Å². The first-order chi connectivity index (χ1) is 8.52. The summed E-state index contributed by atoms with van der Waals surface area (Å²) in [6.07, 6.45) is -8.59. The van der Waals surface area contributed by atoms with Crippen LogP contribution in [0.1, 0.15) is 20.3 Å². The average Bonchev–Trinajstić information content (AvgIpc) is 2.24. The van der Waals surface area contributed by atoms with Gasteiger partial charge in [0.05, 0.1) is 0 Å². The Kier molecular flexibility index (Phi) is 5.81. The summed E-state index contributed by atoms with van der Waals surface area (Å²) >= 11 is 0. The number of rotatable bonds is 3. The standard InChI is InChI=1S/C11H10F6N2/c1-3-4-9(11(15,16)17)19-8(6-18)5-7(2)10(12,13)14/h4-5H,3H2,1-2H3/b7-5+,9-4+,19-8-. The predicted octanol–water partition coefficient (Wildman–Crippen LogP) is 4.32. The van der Waals surface area contributed by atoms with Crippen LogP contribution in [-0.2, 0) is 0 Å². The van der Waals surface area contributed by atoms with E-state index in [1.54, 1.807) is 0 Å². The Morgan fingerprint density at radius 2 is 1.68 bits per heavy atom. The molecule has 0 aromatic carbocycles. The molecule has 0 aromatic heterocycles. The van der Waals surface area contributed by atoms with Crippen molar-refractivity contribution in [2.75, 3.05) is 0 Å². The van der Waals surface area contributed by atoms with Gasteiger partial charge in [0.15, 0.2) is 0 Å². The van der Waals surface area contributed by atoms with Gasteiger partial charge in [-0.3, -0.25) is 0 Å². The Hall–Kier alpha value is -1.78. The zero-order valence-corrected chi connectivity index (χ0v) is 10.0. The lowest BCUT2D eigenvalue weighted by Gasteiger charge is -2.08. The molecule has 0 heterocycles. The minimum absolute atomic E-state index is 0.0149. The summed E-state index contributed by atoms with van der Waals surface area (Å²) in [4.78, 5) is 2.92. The fourth-order valence-electron chi connectivity index (χ4n) is 0.924. The highest BCUT2D eigenvalue weighted by molar-refractivity contribution is 6.08. The second-order valence-electron chi connectivity index (χ2n) is 3.43. The van der Waals surface area contributed by atoms with Gasteiger partial charge >= 0.3 is 12.4 Å². The highest BCUT2D eigenvalue weighted by Gasteiger charge is 2.34. The van der Waals surface area contributed by atoms with Crippen LogP contribution in [0.15, 0.2) is 28.4 Å². The fourth-order valence-corrected chi connectivity index (χ4v) is 0.924. The maximum Gasteiger partial charge on any atom is 0.433 e. The summed E-state index contributed by atoms with van der Waals surface area (Å²) in [5.74, 6) is 0. The summed E-state index contributed by atoms with van der Waals surface area (Å²) in [5, 5.41) is 8.54. The molecule has 0 spiro atoms. The SMILES string of the molecule is CC/C=C(/N=C(C#N)/C=C(\C)C(F)(F)F)C(F)(F)F. The Labute approximate surface area is 105 Å². The molecule has 8 heteroatoms. The van der Waals surface area contributed by atoms with E-state index in [2.05, 4.69) is 4.99 Å². The van der Waals surface area contributed by atoms with E-state index in [1.165, 1.54) is 13.0 Å². The molecule has 0 aliphatic rings. The van der Waals surface area contributed by atoms with Crippen molar-refractivity contribution in [1.29, 1.82) is 5.26 Å². The van der Waals surface area contributed by atoms with Gasteiger partial charge in [-0.15, -0.1) is 0 Å². The second kappa shape index (κ2) is 6.41. The molecule has 0 rings (SSSR count). The molecule has 0 fully saturated rings. The van der Waals surface area contributed by atoms with Crippen LogP contribution in [0.3, 0.4) is 0 Å². The summed E-state index contributed by atoms with van der Waals surface area (Å²) in [6, 6.07) is 1.20. The van der Waals surface area contributed by atoms with E-state index < -0.39 is 29.3 Å². The van der Waals surface area contributed by atoms with E-state index in [4.69, 9.17) is 5.26 Å². The molecule has 0 N–H and O–H groups in total. The first-order valence-electron chi connectivity index (χ1n) is 5.04. The van der Waals surface area contributed by atoms with Gasteiger partial charge in [0.2, 0.25) is 0 Å². The van der Waals surface area contributed by atoms with Crippen LogP contribution in [0.2, 0.25) is 0 Å². The minimum Gasteiger partial charge on any atom is -0.233 e. The van der Waals surface area contributed by atoms with Crippen molar-refractivity contribution >= 4 is 5.71 Å². The van der Waals surface area contributed by atoms with Crippen molar-refractivity contribution in [3.63, 3.8) is 0 Å². The molecule has 0 bridgehead atoms. The zero-order valence-electron chi connectivity index (χ0n) is 10.0. The smallest absolute Gasteiger partial charge is 0.233 e. The third-order valence-electron chi connectivity index (χ3n) is 1.84. The molecule has 0 atom stereocenters. The van der Waals surface area contributed by atoms with Crippen LogP contribution in [0.5, 0.6) is 0 Å². The number of hydrogen-bond acceptors (Lipinski definition) is 2. The number of nitrogens with zero attached hydrogens (tertiary/aromatic N) is 2. The minimum atomic E-state index is -4.82. The van der Waals surface area contributed by atoms with E-state index in [0.717, 1.165) is 0 Å². The number of nitriles is 1. The Bertz CT molecular complexity index is 445. The van der Waals surface area contributed by atoms with Gasteiger partial charge in [-0.05, 0) is 19.4 Å². The first-order valence-corrected chi connectivity index (χ1v) is 5.04. The Morgan fingerprint density at radius 1 is 1.16 bits per heavy atom. The zero-order chi connectivity index (χ0) is 15.3. The molecule has 0 radical (unpaired) electrons. The number of aliphatic imine (C=N–C) groups is 1. The van der Waals surface area contributed by atoms with Crippen molar-refractivity contribution in [2.45, 2.75) is 32.6 Å². The van der Waals surface area contributed by atoms with Crippen molar-refractivity contribution < 1.29 is 26.3 Å². The lowest BCUT2D eigenvalue weighted by Crippen LogP contribution is -2.13. The fraction of sp³-hybridized carbons (Fsp3) is 0.455. The highest BCUT2D eigenvalue weighted by Crippen LogP contribution is 2.28. The Balaban J connectivity index is 5.56. The number of allylic oxidation sites excluding steroid dienone is 4. The molecule has 0 amide bonds. The number of hydrogen-bond donors (Lipinski definition) is 0. The van der Waals surface area contributed by atoms with Gasteiger partial charge in [-0.2, -0.15) is 31.6 Å². The lowest BCUT2D eigenvalue weighted by molar-refractivity contribution is -0.0926. The summed E-state index contributed by atoms with van der Waals surface area (Å²) in [6.45, 7) is 2.05. The van der Waals surface area contributed by atoms with Crippen LogP contribution in [0, 0.1) is 11.3 Å². The molecule has 0 aliphatic heterocycles. The molecule has 0 saturated heterocycles. The van der Waals surface area contributed by atoms with Crippen molar-refractivity contribution in [2.24, 2.45) is 4.99 Å². The van der Waals surface area contributed by atoms with Crippen molar-refractivity contribution in [1.82, 2.24) is 0 Å². The molecule has 19 heavy (non-hydrogen) atoms. The summed E-state index contributed by atoms with van der Waals surface area (Å²) < 4.78 is 73.9. The topological polar surface area (TPSA) is 36.1 Å². The maximum absolute atomic E-state index is 12.4. The van der Waals surface area contributed by atoms with Crippen LogP contribution in [0.4, 0.5) is 26.3 Å². The molecule has 0 aromatic rings. The quantitative estimate of drug-likeness (QED) is 0.561. The molecule has 2 nitrogen and oxygen atoms in total. The third-order valence-corrected chi connectivity index (χ3v) is 1.84. The van der Waals surface area contributed by atoms with E-state index >= 15 is 0 Å². The normalized spacial score (nSPS) is 15.4. The van der Waals surface area contributed by atoms with Gasteiger partial charge < -0.3 is 0 Å². The van der Waals surface area contributed by atoms with Crippen LogP contribution in [-0.4, -0.2) is 18.1 Å².